The Morgan fingerprint density at radius 3 is 1.45 bits per heavy atom. The average Bonchev–Trinajstić information content (AvgIpc) is 3.39. The molecule has 0 aliphatic carbocycles. The van der Waals surface area contributed by atoms with E-state index in [-0.39, 0.29) is 194 Å². The first-order valence-electron chi connectivity index (χ1n) is 20.7. The molecule has 0 spiro atoms. The number of pyridine rings is 4. The molecule has 4 radical (unpaired) electrons. The SMILES string of the molecule is C.C.C.C.[CH2-]Cc1[c-]c(-c2ncc(C[CH2-])cn2)[c-]cc1.[CH2-]Cc1[c-]c(-c2ncccn2)[c-]cc1C[CH2-].[CH2-]Cc1c[c-]c(-c2[c-]ccc(C[CH2-])n2)nc1.[CH2-]Cc1c[c-]c(-c2[c-]cccn2)nc1C[CH2-].[Ir].[Ir].[Ir].[Ir].[Pt+2].[Pt+2].[Pt+2].[Pt+2]. The van der Waals surface area contributed by atoms with Crippen LogP contribution in [0.15, 0.2) is 97.8 Å². The van der Waals surface area contributed by atoms with Gasteiger partial charge in [-0.25, -0.2) is 78.4 Å². The van der Waals surface area contributed by atoms with E-state index >= 15 is 0 Å². The summed E-state index contributed by atoms with van der Waals surface area (Å²) in [6, 6.07) is 43.6. The van der Waals surface area contributed by atoms with Crippen LogP contribution in [0.2, 0.25) is 0 Å². The Hall–Kier alpha value is -1.45. The van der Waals surface area contributed by atoms with E-state index in [0.717, 1.165) is 80.1 Å². The number of rotatable bonds is 12. The Morgan fingerprint density at radius 2 is 0.921 bits per heavy atom. The van der Waals surface area contributed by atoms with Crippen LogP contribution in [0.3, 0.4) is 0 Å². The van der Waals surface area contributed by atoms with Gasteiger partial charge in [-0.1, -0.05) is 41.1 Å². The topological polar surface area (TPSA) is 103 Å². The summed E-state index contributed by atoms with van der Waals surface area (Å²) in [7, 11) is 0. The predicted molar refractivity (Wildman–Crippen MR) is 280 cm³/mol. The fraction of sp³-hybridized carbons (Fsp3) is 0.200. The Balaban J connectivity index is -0.000000128. The fourth-order valence-corrected chi connectivity index (χ4v) is 5.68. The minimum Gasteiger partial charge on any atom is -0.357 e. The molecule has 0 aliphatic heterocycles. The molecule has 0 atom stereocenters. The van der Waals surface area contributed by atoms with Gasteiger partial charge in [-0.05, 0) is 35.7 Å². The predicted octanol–water partition coefficient (Wildman–Crippen LogP) is 12.5. The summed E-state index contributed by atoms with van der Waals surface area (Å²) >= 11 is 0. The second-order valence-corrected chi connectivity index (χ2v) is 13.5. The molecule has 6 aromatic heterocycles. The molecule has 0 aliphatic rings. The van der Waals surface area contributed by atoms with Crippen molar-refractivity contribution in [2.45, 2.75) is 81.1 Å². The number of benzene rings is 2. The zero-order chi connectivity index (χ0) is 45.5. The van der Waals surface area contributed by atoms with E-state index in [1.807, 2.05) is 54.6 Å². The maximum absolute atomic E-state index is 4.48. The van der Waals surface area contributed by atoms with Crippen molar-refractivity contribution in [3.63, 3.8) is 0 Å². The molecule has 2 aromatic carbocycles. The summed E-state index contributed by atoms with van der Waals surface area (Å²) < 4.78 is 0. The molecular formula is C60H64Ir4N8Pt4-8. The Morgan fingerprint density at radius 1 is 0.395 bits per heavy atom. The van der Waals surface area contributed by atoms with Crippen LogP contribution in [0.1, 0.15) is 74.5 Å². The number of hydrogen-bond donors (Lipinski definition) is 0. The Labute approximate surface area is 570 Å². The van der Waals surface area contributed by atoms with Crippen molar-refractivity contribution < 1.29 is 165 Å². The van der Waals surface area contributed by atoms with Crippen molar-refractivity contribution in [3.05, 3.63) is 247 Å². The number of hydrogen-bond acceptors (Lipinski definition) is 8. The van der Waals surface area contributed by atoms with Gasteiger partial charge in [-0.15, -0.1) is 34.9 Å². The van der Waals surface area contributed by atoms with Gasteiger partial charge in [0.2, 0.25) is 0 Å². The van der Waals surface area contributed by atoms with E-state index in [2.05, 4.69) is 144 Å². The molecule has 8 nitrogen and oxygen atoms in total. The van der Waals surface area contributed by atoms with Gasteiger partial charge in [0.05, 0.1) is 0 Å². The monoisotopic (exact) mass is 2450 g/mol. The zero-order valence-corrected chi connectivity index (χ0v) is 57.4. The zero-order valence-electron chi connectivity index (χ0n) is 38.7. The molecule has 0 N–H and O–H groups in total. The molecule has 0 amide bonds. The van der Waals surface area contributed by atoms with Crippen LogP contribution in [0.25, 0.3) is 45.6 Å². The van der Waals surface area contributed by atoms with Crippen LogP contribution < -0.4 is 0 Å². The van der Waals surface area contributed by atoms with Gasteiger partial charge in [0.1, 0.15) is 0 Å². The molecule has 6 heterocycles. The molecule has 76 heavy (non-hydrogen) atoms. The average molecular weight is 2450 g/mol. The molecule has 0 saturated heterocycles. The largest absolute Gasteiger partial charge is 2.00 e. The van der Waals surface area contributed by atoms with E-state index in [4.69, 9.17) is 0 Å². The van der Waals surface area contributed by atoms with Crippen LogP contribution >= 0.6 is 0 Å². The molecule has 0 bridgehead atoms. The summed E-state index contributed by atoms with van der Waals surface area (Å²) in [6.45, 7) is 30.7. The third-order valence-corrected chi connectivity index (χ3v) is 9.26. The molecule has 16 heteroatoms. The van der Waals surface area contributed by atoms with Crippen molar-refractivity contribution in [1.82, 2.24) is 39.9 Å². The van der Waals surface area contributed by atoms with E-state index in [1.54, 1.807) is 43.2 Å². The molecule has 0 saturated carbocycles. The maximum Gasteiger partial charge on any atom is 2.00 e. The Kier molecular flexibility index (Phi) is 61.9. The minimum absolute atomic E-state index is 0. The van der Waals surface area contributed by atoms with E-state index in [0.29, 0.717) is 61.6 Å². The van der Waals surface area contributed by atoms with Gasteiger partial charge in [0.15, 0.2) is 0 Å². The first-order valence-corrected chi connectivity index (χ1v) is 20.7. The molecule has 0 unspecified atom stereocenters. The standard InChI is InChI=1S/4C14H12N2.4CH4.4Ir.4Pt/c1-3-11-6-7-13(10-12(11)4-2)14-15-8-5-9-16-14;1-3-11-6-5-7-13(8-11)14-15-9-12(4-2)10-16-14;1-3-11-8-9-13(15-10-11)14-7-5-6-12(4-2)16-14;1-3-11-8-9-14(16-12(11)4-2)13-7-5-6-10-15-13;;;;;;;;;;;;/h5-6,8-9H,1-4H2;5-6,9-10H,1-4H2;2*5-6,8,10H,1-4H2;4*1H4;;;;;;;;/q4*-4;;;;;;;;;4*+2. The molecule has 428 valence electrons. The number of nitrogens with zero attached hydrogens (tertiary/aromatic N) is 8. The van der Waals surface area contributed by atoms with Gasteiger partial charge in [-0.3, -0.25) is 35.4 Å². The smallest absolute Gasteiger partial charge is 0.357 e. The second-order valence-electron chi connectivity index (χ2n) is 13.5. The summed E-state index contributed by atoms with van der Waals surface area (Å²) in [6.07, 6.45) is 16.1. The minimum atomic E-state index is 0. The van der Waals surface area contributed by atoms with Gasteiger partial charge >= 0.3 is 84.3 Å². The third-order valence-electron chi connectivity index (χ3n) is 9.26. The van der Waals surface area contributed by atoms with Gasteiger partial charge < -0.3 is 95.3 Å². The summed E-state index contributed by atoms with van der Waals surface area (Å²) in [5.74, 6) is 1.29. The normalized spacial score (nSPS) is 8.74. The van der Waals surface area contributed by atoms with Crippen LogP contribution in [0.5, 0.6) is 0 Å². The molecular weight excluding hydrogens is 2380 g/mol. The second kappa shape index (κ2) is 51.7. The summed E-state index contributed by atoms with van der Waals surface area (Å²) in [4.78, 5) is 34.2. The van der Waals surface area contributed by atoms with Crippen LogP contribution in [0.4, 0.5) is 0 Å². The first-order chi connectivity index (χ1) is 31.4. The van der Waals surface area contributed by atoms with Gasteiger partial charge in [0.25, 0.3) is 0 Å². The van der Waals surface area contributed by atoms with Crippen molar-refractivity contribution in [1.29, 1.82) is 0 Å². The maximum atomic E-state index is 4.48. The molecule has 8 aromatic rings. The first kappa shape index (κ1) is 91.1. The quantitative estimate of drug-likeness (QED) is 0.111. The molecule has 8 rings (SSSR count). The van der Waals surface area contributed by atoms with Crippen molar-refractivity contribution in [3.8, 4) is 45.6 Å². The van der Waals surface area contributed by atoms with Gasteiger partial charge in [0, 0.05) is 105 Å². The Bertz CT molecular complexity index is 2440. The summed E-state index contributed by atoms with van der Waals surface area (Å²) in [5, 5.41) is 0. The third kappa shape index (κ3) is 29.3. The fourth-order valence-electron chi connectivity index (χ4n) is 5.68. The number of aromatic nitrogens is 8. The van der Waals surface area contributed by atoms with Crippen LogP contribution in [-0.4, -0.2) is 39.9 Å². The summed E-state index contributed by atoms with van der Waals surface area (Å²) in [5.41, 5.74) is 12.8. The molecule has 0 fully saturated rings. The van der Waals surface area contributed by atoms with E-state index in [1.165, 1.54) is 0 Å². The van der Waals surface area contributed by atoms with E-state index < -0.39 is 0 Å². The van der Waals surface area contributed by atoms with Crippen molar-refractivity contribution in [2.75, 3.05) is 0 Å². The van der Waals surface area contributed by atoms with Crippen LogP contribution in [0, 0.1) is 104 Å². The van der Waals surface area contributed by atoms with Crippen LogP contribution in [-0.2, 0) is 216 Å². The van der Waals surface area contributed by atoms with Crippen molar-refractivity contribution >= 4 is 0 Å². The van der Waals surface area contributed by atoms with Crippen molar-refractivity contribution in [2.24, 2.45) is 0 Å². The van der Waals surface area contributed by atoms with E-state index in [9.17, 15) is 0 Å². The van der Waals surface area contributed by atoms with Gasteiger partial charge in [-0.2, -0.15) is 67.5 Å².